The molecule has 0 fully saturated rings. The van der Waals surface area contributed by atoms with Crippen LogP contribution in [0.1, 0.15) is 28.8 Å². The van der Waals surface area contributed by atoms with Gasteiger partial charge in [-0.15, -0.1) is 11.3 Å². The number of benzene rings is 1. The first-order valence-corrected chi connectivity index (χ1v) is 8.71. The lowest BCUT2D eigenvalue weighted by molar-refractivity contribution is 0.700. The summed E-state index contributed by atoms with van der Waals surface area (Å²) in [4.78, 5) is 11.3. The average Bonchev–Trinajstić information content (AvgIpc) is 2.85. The third-order valence-corrected chi connectivity index (χ3v) is 5.42. The fraction of sp³-hybridized carbons (Fsp3) is 0.294. The van der Waals surface area contributed by atoms with Crippen LogP contribution in [0.4, 0.5) is 11.5 Å². The van der Waals surface area contributed by atoms with E-state index in [-0.39, 0.29) is 0 Å². The first-order chi connectivity index (χ1) is 10.7. The van der Waals surface area contributed by atoms with Gasteiger partial charge in [0.25, 0.3) is 0 Å². The van der Waals surface area contributed by atoms with E-state index in [4.69, 9.17) is 11.6 Å². The van der Waals surface area contributed by atoms with Gasteiger partial charge >= 0.3 is 0 Å². The second-order valence-corrected chi connectivity index (χ2v) is 7.15. The monoisotopic (exact) mass is 329 g/mol. The molecule has 1 N–H and O–H groups in total. The second-order valence-electron chi connectivity index (χ2n) is 5.73. The summed E-state index contributed by atoms with van der Waals surface area (Å²) in [6.07, 6.45) is 4.77. The molecule has 22 heavy (non-hydrogen) atoms. The van der Waals surface area contributed by atoms with E-state index < -0.39 is 0 Å². The lowest BCUT2D eigenvalue weighted by Crippen LogP contribution is -2.01. The van der Waals surface area contributed by atoms with Crippen molar-refractivity contribution in [3.8, 4) is 0 Å². The van der Waals surface area contributed by atoms with Gasteiger partial charge in [0, 0.05) is 10.6 Å². The molecule has 3 nitrogen and oxygen atoms in total. The molecular formula is C17H16ClN3S. The summed E-state index contributed by atoms with van der Waals surface area (Å²) in [6.45, 7) is 2.08. The van der Waals surface area contributed by atoms with E-state index in [1.165, 1.54) is 28.8 Å². The fourth-order valence-electron chi connectivity index (χ4n) is 3.08. The van der Waals surface area contributed by atoms with Crippen LogP contribution in [0, 0.1) is 6.92 Å². The quantitative estimate of drug-likeness (QED) is 0.650. The maximum absolute atomic E-state index is 6.13. The number of nitrogens with zero attached hydrogens (tertiary/aromatic N) is 2. The Labute approximate surface area is 138 Å². The predicted molar refractivity (Wildman–Crippen MR) is 93.5 cm³/mol. The SMILES string of the molecule is Cc1cccc(Nc2nc(Cl)nc3sc4c(c23)CCCC4)c1. The summed E-state index contributed by atoms with van der Waals surface area (Å²) < 4.78 is 0. The molecule has 0 radical (unpaired) electrons. The lowest BCUT2D eigenvalue weighted by atomic mass is 9.97. The highest BCUT2D eigenvalue weighted by molar-refractivity contribution is 7.19. The fourth-order valence-corrected chi connectivity index (χ4v) is 4.56. The van der Waals surface area contributed by atoms with E-state index in [1.807, 2.05) is 12.1 Å². The molecule has 0 saturated carbocycles. The van der Waals surface area contributed by atoms with E-state index in [0.717, 1.165) is 34.6 Å². The van der Waals surface area contributed by atoms with Gasteiger partial charge in [0.15, 0.2) is 0 Å². The van der Waals surface area contributed by atoms with Crippen molar-refractivity contribution in [2.24, 2.45) is 0 Å². The van der Waals surface area contributed by atoms with Gasteiger partial charge in [0.1, 0.15) is 10.6 Å². The molecule has 0 spiro atoms. The first kappa shape index (κ1) is 14.0. The molecule has 1 aliphatic carbocycles. The van der Waals surface area contributed by atoms with Crippen molar-refractivity contribution in [1.82, 2.24) is 9.97 Å². The zero-order valence-electron chi connectivity index (χ0n) is 12.3. The molecule has 5 heteroatoms. The van der Waals surface area contributed by atoms with Crippen LogP contribution in [0.2, 0.25) is 5.28 Å². The summed E-state index contributed by atoms with van der Waals surface area (Å²) >= 11 is 7.90. The normalized spacial score (nSPS) is 14.1. The molecule has 0 amide bonds. The highest BCUT2D eigenvalue weighted by Gasteiger charge is 2.21. The molecule has 0 aliphatic heterocycles. The molecule has 2 aromatic heterocycles. The van der Waals surface area contributed by atoms with Crippen molar-refractivity contribution in [3.05, 3.63) is 45.6 Å². The largest absolute Gasteiger partial charge is 0.340 e. The van der Waals surface area contributed by atoms with Gasteiger partial charge in [-0.25, -0.2) is 4.98 Å². The molecule has 0 bridgehead atoms. The Balaban J connectivity index is 1.87. The summed E-state index contributed by atoms with van der Waals surface area (Å²) in [5, 5.41) is 4.90. The molecule has 0 saturated heterocycles. The van der Waals surface area contributed by atoms with E-state index in [2.05, 4.69) is 34.3 Å². The Bertz CT molecular complexity index is 856. The van der Waals surface area contributed by atoms with Crippen LogP contribution in [-0.4, -0.2) is 9.97 Å². The van der Waals surface area contributed by atoms with Gasteiger partial charge in [-0.2, -0.15) is 4.98 Å². The summed E-state index contributed by atoms with van der Waals surface area (Å²) in [6, 6.07) is 8.29. The number of halogens is 1. The number of aromatic nitrogens is 2. The van der Waals surface area contributed by atoms with Crippen molar-refractivity contribution in [2.45, 2.75) is 32.6 Å². The van der Waals surface area contributed by atoms with Crippen LogP contribution >= 0.6 is 22.9 Å². The second kappa shape index (κ2) is 5.52. The van der Waals surface area contributed by atoms with Crippen molar-refractivity contribution in [3.63, 3.8) is 0 Å². The van der Waals surface area contributed by atoms with Gasteiger partial charge in [-0.3, -0.25) is 0 Å². The Morgan fingerprint density at radius 3 is 2.91 bits per heavy atom. The van der Waals surface area contributed by atoms with Crippen LogP contribution in [0.3, 0.4) is 0 Å². The molecule has 1 aliphatic rings. The smallest absolute Gasteiger partial charge is 0.225 e. The standard InChI is InChI=1S/C17H16ClN3S/c1-10-5-4-6-11(9-10)19-15-14-12-7-2-3-8-13(12)22-16(14)21-17(18)20-15/h4-6,9H,2-3,7-8H2,1H3,(H,19,20,21). The zero-order chi connectivity index (χ0) is 15.1. The number of thiophene rings is 1. The van der Waals surface area contributed by atoms with Crippen LogP contribution in [0.15, 0.2) is 24.3 Å². The first-order valence-electron chi connectivity index (χ1n) is 7.52. The minimum atomic E-state index is 0.307. The molecule has 3 aromatic rings. The number of aryl methyl sites for hydroxylation is 3. The van der Waals surface area contributed by atoms with Crippen molar-refractivity contribution < 1.29 is 0 Å². The summed E-state index contributed by atoms with van der Waals surface area (Å²) in [5.74, 6) is 0.833. The number of nitrogens with one attached hydrogen (secondary N) is 1. The average molecular weight is 330 g/mol. The van der Waals surface area contributed by atoms with E-state index in [1.54, 1.807) is 11.3 Å². The zero-order valence-corrected chi connectivity index (χ0v) is 13.9. The van der Waals surface area contributed by atoms with E-state index in [0.29, 0.717) is 5.28 Å². The third kappa shape index (κ3) is 2.46. The molecular weight excluding hydrogens is 314 g/mol. The number of rotatable bonds is 2. The Hall–Kier alpha value is -1.65. The number of fused-ring (bicyclic) bond motifs is 3. The van der Waals surface area contributed by atoms with Gasteiger partial charge in [0.2, 0.25) is 5.28 Å². The van der Waals surface area contributed by atoms with Gasteiger partial charge in [-0.05, 0) is 67.5 Å². The Kier molecular flexibility index (Phi) is 3.51. The Morgan fingerprint density at radius 2 is 2.05 bits per heavy atom. The highest BCUT2D eigenvalue weighted by Crippen LogP contribution is 2.39. The van der Waals surface area contributed by atoms with Crippen molar-refractivity contribution in [1.29, 1.82) is 0 Å². The topological polar surface area (TPSA) is 37.8 Å². The van der Waals surface area contributed by atoms with Crippen molar-refractivity contribution in [2.75, 3.05) is 5.32 Å². The van der Waals surface area contributed by atoms with Gasteiger partial charge < -0.3 is 5.32 Å². The predicted octanol–water partition coefficient (Wildman–Crippen LogP) is 5.28. The maximum Gasteiger partial charge on any atom is 0.225 e. The number of hydrogen-bond donors (Lipinski definition) is 1. The maximum atomic E-state index is 6.13. The number of anilines is 2. The number of hydrogen-bond acceptors (Lipinski definition) is 4. The van der Waals surface area contributed by atoms with Crippen LogP contribution in [0.5, 0.6) is 0 Å². The highest BCUT2D eigenvalue weighted by atomic mass is 35.5. The van der Waals surface area contributed by atoms with E-state index in [9.17, 15) is 0 Å². The molecule has 4 rings (SSSR count). The summed E-state index contributed by atoms with van der Waals surface area (Å²) in [5.41, 5.74) is 3.67. The molecule has 0 atom stereocenters. The lowest BCUT2D eigenvalue weighted by Gasteiger charge is -2.13. The minimum Gasteiger partial charge on any atom is -0.340 e. The van der Waals surface area contributed by atoms with Crippen LogP contribution < -0.4 is 5.32 Å². The van der Waals surface area contributed by atoms with Crippen LogP contribution in [0.25, 0.3) is 10.2 Å². The summed E-state index contributed by atoms with van der Waals surface area (Å²) in [7, 11) is 0. The third-order valence-electron chi connectivity index (χ3n) is 4.07. The van der Waals surface area contributed by atoms with Gasteiger partial charge in [-0.1, -0.05) is 12.1 Å². The van der Waals surface area contributed by atoms with Gasteiger partial charge in [0.05, 0.1) is 5.39 Å². The Morgan fingerprint density at radius 1 is 1.18 bits per heavy atom. The molecule has 1 aromatic carbocycles. The van der Waals surface area contributed by atoms with Crippen molar-refractivity contribution >= 4 is 44.7 Å². The minimum absolute atomic E-state index is 0.307. The molecule has 2 heterocycles. The molecule has 0 unspecified atom stereocenters. The van der Waals surface area contributed by atoms with Crippen LogP contribution in [-0.2, 0) is 12.8 Å². The molecule has 112 valence electrons. The van der Waals surface area contributed by atoms with E-state index >= 15 is 0 Å².